The number of aromatic nitrogens is 4. The quantitative estimate of drug-likeness (QED) is 0.260. The predicted molar refractivity (Wildman–Crippen MR) is 100 cm³/mol. The number of hydrogen-bond donors (Lipinski definition) is 0. The number of rotatable bonds is 0. The van der Waals surface area contributed by atoms with Gasteiger partial charge in [-0.1, -0.05) is 0 Å². The Morgan fingerprint density at radius 2 is 1.00 bits per heavy atom. The average molecular weight is 572 g/mol. The van der Waals surface area contributed by atoms with E-state index in [4.69, 9.17) is 0 Å². The van der Waals surface area contributed by atoms with Gasteiger partial charge >= 0.3 is 0 Å². The van der Waals surface area contributed by atoms with E-state index in [9.17, 15) is 0 Å². The monoisotopic (exact) mass is 568 g/mol. The van der Waals surface area contributed by atoms with Crippen LogP contribution in [0.5, 0.6) is 0 Å². The summed E-state index contributed by atoms with van der Waals surface area (Å²) in [5.41, 5.74) is 3.31. The van der Waals surface area contributed by atoms with Crippen LogP contribution in [-0.4, -0.2) is 19.1 Å². The molecule has 2 heterocycles. The molecule has 2 aromatic heterocycles. The Kier molecular flexibility index (Phi) is 5.23. The maximum absolute atomic E-state index is 4.57. The van der Waals surface area contributed by atoms with Gasteiger partial charge in [-0.2, -0.15) is 8.75 Å². The highest BCUT2D eigenvalue weighted by Crippen LogP contribution is 2.28. The Morgan fingerprint density at radius 1 is 0.636 bits per heavy atom. The molecule has 5 nitrogen and oxygen atoms in total. The summed E-state index contributed by atoms with van der Waals surface area (Å²) in [6.07, 6.45) is 0. The van der Waals surface area contributed by atoms with Gasteiger partial charge in [0.1, 0.15) is 11.0 Å². The molecule has 0 fully saturated rings. The number of hydrogen-bond acceptors (Lipinski definition) is 6. The van der Waals surface area contributed by atoms with Gasteiger partial charge in [0.05, 0.1) is 11.7 Å². The molecule has 0 unspecified atom stereocenters. The minimum Gasteiger partial charge on any atom is -0.243 e. The van der Waals surface area contributed by atoms with E-state index in [1.165, 1.54) is 11.7 Å². The molecule has 4 aromatic rings. The molecule has 0 atom stereocenters. The topological polar surface area (TPSA) is 64.7 Å². The zero-order valence-electron chi connectivity index (χ0n) is 10.4. The molecule has 22 heavy (non-hydrogen) atoms. The molecule has 0 aliphatic carbocycles. The van der Waals surface area contributed by atoms with Gasteiger partial charge in [-0.25, -0.2) is 4.63 Å². The number of nitrogens with zero attached hydrogens (tertiary/aromatic N) is 4. The van der Waals surface area contributed by atoms with Gasteiger partial charge in [0.15, 0.2) is 11.0 Å². The van der Waals surface area contributed by atoms with Crippen molar-refractivity contribution in [3.8, 4) is 0 Å². The Labute approximate surface area is 162 Å². The molecule has 0 spiro atoms. The second-order valence-corrected chi connectivity index (χ2v) is 7.93. The highest BCUT2D eigenvalue weighted by atomic mass is 79.9. The van der Waals surface area contributed by atoms with E-state index in [0.29, 0.717) is 0 Å². The van der Waals surface area contributed by atoms with Crippen LogP contribution in [0.3, 0.4) is 0 Å². The third-order valence-electron chi connectivity index (χ3n) is 2.63. The second kappa shape index (κ2) is 7.00. The van der Waals surface area contributed by atoms with Crippen molar-refractivity contribution in [3.63, 3.8) is 0 Å². The fourth-order valence-electron chi connectivity index (χ4n) is 1.61. The van der Waals surface area contributed by atoms with Crippen molar-refractivity contribution < 1.29 is 4.63 Å². The Bertz CT molecular complexity index is 805. The van der Waals surface area contributed by atoms with E-state index in [2.05, 4.69) is 87.4 Å². The van der Waals surface area contributed by atoms with Crippen molar-refractivity contribution in [3.05, 3.63) is 42.2 Å². The molecule has 0 radical (unpaired) electrons. The number of benzene rings is 2. The lowest BCUT2D eigenvalue weighted by atomic mass is 10.3. The fourth-order valence-corrected chi connectivity index (χ4v) is 4.02. The molecule has 0 aliphatic rings. The second-order valence-electron chi connectivity index (χ2n) is 3.98. The van der Waals surface area contributed by atoms with Gasteiger partial charge in [-0.3, -0.25) is 0 Å². The lowest BCUT2D eigenvalue weighted by molar-refractivity contribution is 0.315. The smallest absolute Gasteiger partial charge is 0.150 e. The highest BCUT2D eigenvalue weighted by molar-refractivity contribution is 9.11. The fraction of sp³-hybridized carbons (Fsp3) is 0. The molecule has 10 heteroatoms. The van der Waals surface area contributed by atoms with E-state index in [-0.39, 0.29) is 0 Å². The summed E-state index contributed by atoms with van der Waals surface area (Å²) in [6, 6.07) is 7.68. The molecule has 0 saturated carbocycles. The molecule has 0 amide bonds. The zero-order valence-corrected chi connectivity index (χ0v) is 17.6. The summed E-state index contributed by atoms with van der Waals surface area (Å²) in [6.45, 7) is 0. The molecule has 2 aromatic carbocycles. The van der Waals surface area contributed by atoms with Crippen LogP contribution in [0.25, 0.3) is 22.1 Å². The third kappa shape index (κ3) is 3.25. The van der Waals surface area contributed by atoms with Crippen molar-refractivity contribution in [1.82, 2.24) is 19.1 Å². The number of halogens is 4. The van der Waals surface area contributed by atoms with Crippen LogP contribution in [0, 0.1) is 0 Å². The Balaban J connectivity index is 0.000000131. The van der Waals surface area contributed by atoms with Gasteiger partial charge in [0.25, 0.3) is 0 Å². The standard InChI is InChI=1S/C6H2Br2N2O.C6H2Br2N2S/c2*7-3-1-2-4(8)6-5(3)9-11-10-6/h2*1-2H. The lowest BCUT2D eigenvalue weighted by Gasteiger charge is -1.92. The maximum Gasteiger partial charge on any atom is 0.150 e. The summed E-state index contributed by atoms with van der Waals surface area (Å²) >= 11 is 14.7. The van der Waals surface area contributed by atoms with Gasteiger partial charge in [0, 0.05) is 17.9 Å². The van der Waals surface area contributed by atoms with E-state index in [1.807, 2.05) is 24.3 Å². The van der Waals surface area contributed by atoms with Crippen molar-refractivity contribution in [2.45, 2.75) is 0 Å². The SMILES string of the molecule is Brc1ccc(Br)c2nonc12.Brc1ccc(Br)c2nsnc12. The van der Waals surface area contributed by atoms with Gasteiger partial charge < -0.3 is 0 Å². The van der Waals surface area contributed by atoms with Gasteiger partial charge in [0.2, 0.25) is 0 Å². The Hall–Kier alpha value is -0.420. The van der Waals surface area contributed by atoms with Crippen molar-refractivity contribution in [1.29, 1.82) is 0 Å². The summed E-state index contributed by atoms with van der Waals surface area (Å²) in [5.74, 6) is 0. The lowest BCUT2D eigenvalue weighted by Crippen LogP contribution is -1.73. The first-order valence-corrected chi connectivity index (χ1v) is 9.60. The van der Waals surface area contributed by atoms with Crippen molar-refractivity contribution >= 4 is 97.5 Å². The van der Waals surface area contributed by atoms with Crippen molar-refractivity contribution in [2.24, 2.45) is 0 Å². The van der Waals surface area contributed by atoms with Crippen LogP contribution in [0.15, 0.2) is 46.8 Å². The molecular formula is C12H4Br4N4OS. The largest absolute Gasteiger partial charge is 0.243 e. The molecule has 0 aliphatic heterocycles. The zero-order chi connectivity index (χ0) is 15.7. The van der Waals surface area contributed by atoms with Crippen LogP contribution >= 0.6 is 75.4 Å². The third-order valence-corrected chi connectivity index (χ3v) is 5.72. The van der Waals surface area contributed by atoms with Crippen LogP contribution in [-0.2, 0) is 0 Å². The minimum atomic E-state index is 0.736. The van der Waals surface area contributed by atoms with E-state index in [1.54, 1.807) is 0 Å². The van der Waals surface area contributed by atoms with E-state index in [0.717, 1.165) is 40.0 Å². The molecule has 112 valence electrons. The molecule has 0 bridgehead atoms. The molecule has 0 N–H and O–H groups in total. The molecule has 4 rings (SSSR count). The van der Waals surface area contributed by atoms with Crippen molar-refractivity contribution in [2.75, 3.05) is 0 Å². The summed E-state index contributed by atoms with van der Waals surface area (Å²) in [5, 5.41) is 7.43. The van der Waals surface area contributed by atoms with Gasteiger partial charge in [-0.05, 0) is 98.3 Å². The normalized spacial score (nSPS) is 10.7. The Morgan fingerprint density at radius 3 is 1.41 bits per heavy atom. The van der Waals surface area contributed by atoms with Crippen LogP contribution < -0.4 is 0 Å². The van der Waals surface area contributed by atoms with Crippen LogP contribution in [0.1, 0.15) is 0 Å². The van der Waals surface area contributed by atoms with Crippen LogP contribution in [0.2, 0.25) is 0 Å². The maximum atomic E-state index is 4.57. The molecular weight excluding hydrogens is 568 g/mol. The highest BCUT2D eigenvalue weighted by Gasteiger charge is 2.07. The minimum absolute atomic E-state index is 0.736. The summed E-state index contributed by atoms with van der Waals surface area (Å²) in [7, 11) is 0. The number of fused-ring (bicyclic) bond motifs is 2. The summed E-state index contributed by atoms with van der Waals surface area (Å²) < 4.78 is 16.6. The average Bonchev–Trinajstić information content (AvgIpc) is 3.17. The first kappa shape index (κ1) is 16.4. The summed E-state index contributed by atoms with van der Waals surface area (Å²) in [4.78, 5) is 0. The van der Waals surface area contributed by atoms with E-state index >= 15 is 0 Å². The van der Waals surface area contributed by atoms with E-state index < -0.39 is 0 Å². The predicted octanol–water partition coefficient (Wildman–Crippen LogP) is 5.96. The van der Waals surface area contributed by atoms with Gasteiger partial charge in [-0.15, -0.1) is 0 Å². The van der Waals surface area contributed by atoms with Crippen LogP contribution in [0.4, 0.5) is 0 Å². The molecule has 0 saturated heterocycles. The first-order valence-electron chi connectivity index (χ1n) is 5.70. The first-order chi connectivity index (χ1) is 10.6.